The van der Waals surface area contributed by atoms with E-state index in [1.165, 1.54) is 7.05 Å². The van der Waals surface area contributed by atoms with Crippen molar-refractivity contribution < 1.29 is 25.6 Å². The zero-order chi connectivity index (χ0) is 22.9. The maximum atomic E-state index is 13.4. The first-order valence-corrected chi connectivity index (χ1v) is 13.4. The fourth-order valence-corrected chi connectivity index (χ4v) is 6.71. The molecule has 12 heteroatoms. The van der Waals surface area contributed by atoms with Crippen molar-refractivity contribution >= 4 is 37.2 Å². The van der Waals surface area contributed by atoms with Crippen molar-refractivity contribution in [3.05, 3.63) is 36.4 Å². The van der Waals surface area contributed by atoms with Crippen LogP contribution in [0.15, 0.2) is 36.4 Å². The third-order valence-electron chi connectivity index (χ3n) is 6.24. The van der Waals surface area contributed by atoms with Crippen molar-refractivity contribution in [2.24, 2.45) is 5.92 Å². The Morgan fingerprint density at radius 2 is 1.78 bits per heavy atom. The highest BCUT2D eigenvalue weighted by atomic mass is 32.2. The van der Waals surface area contributed by atoms with Crippen molar-refractivity contribution in [1.82, 2.24) is 4.98 Å². The molecule has 0 amide bonds. The van der Waals surface area contributed by atoms with E-state index in [-0.39, 0.29) is 36.0 Å². The van der Waals surface area contributed by atoms with Gasteiger partial charge in [-0.05, 0) is 24.3 Å². The number of anilines is 3. The van der Waals surface area contributed by atoms with E-state index in [1.54, 1.807) is 12.1 Å². The lowest BCUT2D eigenvalue weighted by atomic mass is 10.1. The van der Waals surface area contributed by atoms with E-state index in [0.717, 1.165) is 19.9 Å². The van der Waals surface area contributed by atoms with Crippen LogP contribution >= 0.6 is 0 Å². The quantitative estimate of drug-likeness (QED) is 0.661. The monoisotopic (exact) mass is 484 g/mol. The topological polar surface area (TPSA) is 90.9 Å². The highest BCUT2D eigenvalue weighted by molar-refractivity contribution is 7.94. The number of aromatic nitrogens is 1. The smallest absolute Gasteiger partial charge is 0.327 e. The van der Waals surface area contributed by atoms with Crippen LogP contribution in [-0.4, -0.2) is 65.9 Å². The normalized spacial score (nSPS) is 25.0. The average Bonchev–Trinajstić information content (AvgIpc) is 3.31. The molecule has 0 spiro atoms. The molecule has 1 aromatic heterocycles. The molecule has 0 N–H and O–H groups in total. The van der Waals surface area contributed by atoms with Gasteiger partial charge in [0.1, 0.15) is 0 Å². The van der Waals surface area contributed by atoms with Crippen molar-refractivity contribution in [3.8, 4) is 11.3 Å². The standard InChI is InChI=1S/C20H22F2N4O4S2/c1-24-19-18(26(32(24,29)30)13-15-12-20(15,21)22)6-5-17(23-19)14-3-2-4-16(11-14)25-7-9-31(27,28)10-8-25/h2-6,11,15H,7-10,12-13H2,1H3. The predicted molar refractivity (Wildman–Crippen MR) is 118 cm³/mol. The Morgan fingerprint density at radius 3 is 2.44 bits per heavy atom. The van der Waals surface area contributed by atoms with E-state index in [2.05, 4.69) is 4.98 Å². The molecule has 5 rings (SSSR count). The molecule has 3 heterocycles. The molecule has 8 nitrogen and oxygen atoms in total. The maximum absolute atomic E-state index is 13.4. The van der Waals surface area contributed by atoms with Crippen LogP contribution < -0.4 is 13.5 Å². The summed E-state index contributed by atoms with van der Waals surface area (Å²) in [5.41, 5.74) is 2.43. The summed E-state index contributed by atoms with van der Waals surface area (Å²) in [5, 5.41) is 0. The van der Waals surface area contributed by atoms with Gasteiger partial charge in [0.05, 0.1) is 22.9 Å². The molecule has 2 aromatic rings. The van der Waals surface area contributed by atoms with E-state index in [0.29, 0.717) is 18.8 Å². The van der Waals surface area contributed by atoms with Crippen molar-refractivity contribution in [1.29, 1.82) is 0 Å². The van der Waals surface area contributed by atoms with E-state index in [1.807, 2.05) is 29.2 Å². The number of hydrogen-bond acceptors (Lipinski definition) is 6. The number of hydrogen-bond donors (Lipinski definition) is 0. The van der Waals surface area contributed by atoms with Crippen LogP contribution in [0.3, 0.4) is 0 Å². The van der Waals surface area contributed by atoms with Crippen molar-refractivity contribution in [3.63, 3.8) is 0 Å². The third kappa shape index (κ3) is 3.58. The van der Waals surface area contributed by atoms with Gasteiger partial charge in [-0.2, -0.15) is 8.42 Å². The molecule has 0 bridgehead atoms. The van der Waals surface area contributed by atoms with E-state index < -0.39 is 31.9 Å². The van der Waals surface area contributed by atoms with Crippen LogP contribution in [-0.2, 0) is 20.0 Å². The number of alkyl halides is 2. The van der Waals surface area contributed by atoms with Crippen LogP contribution in [0.25, 0.3) is 11.3 Å². The molecule has 1 atom stereocenters. The molecule has 3 aliphatic rings. The first-order chi connectivity index (χ1) is 15.0. The summed E-state index contributed by atoms with van der Waals surface area (Å²) < 4.78 is 77.8. The number of halogens is 2. The summed E-state index contributed by atoms with van der Waals surface area (Å²) in [6.45, 7) is 0.539. The zero-order valence-corrected chi connectivity index (χ0v) is 18.9. The lowest BCUT2D eigenvalue weighted by molar-refractivity contribution is 0.101. The molecular weight excluding hydrogens is 462 g/mol. The van der Waals surface area contributed by atoms with Gasteiger partial charge >= 0.3 is 10.2 Å². The summed E-state index contributed by atoms with van der Waals surface area (Å²) in [5.74, 6) is -3.40. The molecular formula is C20H22F2N4O4S2. The minimum absolute atomic E-state index is 0.104. The van der Waals surface area contributed by atoms with Crippen molar-refractivity contribution in [2.75, 3.05) is 51.7 Å². The second-order valence-corrected chi connectivity index (χ2v) is 12.6. The lowest BCUT2D eigenvalue weighted by Crippen LogP contribution is -2.40. The van der Waals surface area contributed by atoms with Crippen LogP contribution in [0.5, 0.6) is 0 Å². The molecule has 1 saturated heterocycles. The second-order valence-electron chi connectivity index (χ2n) is 8.40. The average molecular weight is 485 g/mol. The minimum Gasteiger partial charge on any atom is -0.369 e. The van der Waals surface area contributed by atoms with E-state index >= 15 is 0 Å². The molecule has 2 aliphatic heterocycles. The molecule has 1 aliphatic carbocycles. The predicted octanol–water partition coefficient (Wildman–Crippen LogP) is 2.14. The number of nitrogens with zero attached hydrogens (tertiary/aromatic N) is 4. The molecule has 172 valence electrons. The van der Waals surface area contributed by atoms with E-state index in [9.17, 15) is 25.6 Å². The number of rotatable bonds is 4. The lowest BCUT2D eigenvalue weighted by Gasteiger charge is -2.29. The summed E-state index contributed by atoms with van der Waals surface area (Å²) in [6.07, 6.45) is -0.311. The summed E-state index contributed by atoms with van der Waals surface area (Å²) in [4.78, 5) is 6.52. The molecule has 0 radical (unpaired) electrons. The summed E-state index contributed by atoms with van der Waals surface area (Å²) in [7, 11) is -5.59. The van der Waals surface area contributed by atoms with E-state index in [4.69, 9.17) is 0 Å². The third-order valence-corrected chi connectivity index (χ3v) is 9.62. The largest absolute Gasteiger partial charge is 0.369 e. The van der Waals surface area contributed by atoms with Gasteiger partial charge in [-0.3, -0.25) is 0 Å². The minimum atomic E-state index is -3.96. The molecule has 1 unspecified atom stereocenters. The van der Waals surface area contributed by atoms with Gasteiger partial charge in [0.15, 0.2) is 15.7 Å². The Hall–Kier alpha value is -2.47. The number of pyridine rings is 1. The highest BCUT2D eigenvalue weighted by Gasteiger charge is 2.59. The number of fused-ring (bicyclic) bond motifs is 1. The van der Waals surface area contributed by atoms with Gasteiger partial charge in [-0.15, -0.1) is 0 Å². The molecule has 1 aromatic carbocycles. The Labute approximate surface area is 185 Å². The molecule has 32 heavy (non-hydrogen) atoms. The Bertz CT molecular complexity index is 1290. The van der Waals surface area contributed by atoms with Gasteiger partial charge in [-0.25, -0.2) is 30.8 Å². The Kier molecular flexibility index (Phi) is 4.68. The van der Waals surface area contributed by atoms with Crippen molar-refractivity contribution in [2.45, 2.75) is 12.3 Å². The van der Waals surface area contributed by atoms with Crippen LogP contribution in [0.4, 0.5) is 26.0 Å². The Morgan fingerprint density at radius 1 is 1.09 bits per heavy atom. The fourth-order valence-electron chi connectivity index (χ4n) is 4.10. The van der Waals surface area contributed by atoms with Crippen LogP contribution in [0.2, 0.25) is 0 Å². The second kappa shape index (κ2) is 7.01. The summed E-state index contributed by atoms with van der Waals surface area (Å²) in [6, 6.07) is 10.7. The first-order valence-electron chi connectivity index (χ1n) is 10.2. The number of benzene rings is 1. The fraction of sp³-hybridized carbons (Fsp3) is 0.450. The van der Waals surface area contributed by atoms with Crippen LogP contribution in [0, 0.1) is 5.92 Å². The number of sulfone groups is 1. The maximum Gasteiger partial charge on any atom is 0.327 e. The van der Waals surface area contributed by atoms with Gasteiger partial charge in [0, 0.05) is 50.3 Å². The Balaban J connectivity index is 1.44. The SMILES string of the molecule is CN1c2nc(-c3cccc(N4CCS(=O)(=O)CC4)c3)ccc2N(CC2CC2(F)F)S1(=O)=O. The first kappa shape index (κ1) is 21.4. The van der Waals surface area contributed by atoms with Crippen LogP contribution in [0.1, 0.15) is 6.42 Å². The zero-order valence-electron chi connectivity index (χ0n) is 17.3. The van der Waals surface area contributed by atoms with Gasteiger partial charge in [0.25, 0.3) is 5.92 Å². The van der Waals surface area contributed by atoms with Gasteiger partial charge < -0.3 is 4.90 Å². The molecule has 1 saturated carbocycles. The van der Waals surface area contributed by atoms with Gasteiger partial charge in [-0.1, -0.05) is 12.1 Å². The molecule has 2 fully saturated rings. The highest BCUT2D eigenvalue weighted by Crippen LogP contribution is 2.51. The van der Waals surface area contributed by atoms with Gasteiger partial charge in [0.2, 0.25) is 0 Å². The summed E-state index contributed by atoms with van der Waals surface area (Å²) >= 11 is 0.